The monoisotopic (exact) mass is 432 g/mol. The second-order valence-electron chi connectivity index (χ2n) is 6.65. The van der Waals surface area contributed by atoms with E-state index in [9.17, 15) is 14.0 Å². The van der Waals surface area contributed by atoms with Gasteiger partial charge in [0.05, 0.1) is 7.11 Å². The van der Waals surface area contributed by atoms with Gasteiger partial charge in [-0.05, 0) is 42.0 Å². The molecule has 0 aliphatic heterocycles. The number of carbonyl (C=O) groups is 2. The van der Waals surface area contributed by atoms with Crippen molar-refractivity contribution in [3.63, 3.8) is 0 Å². The minimum atomic E-state index is -0.800. The van der Waals surface area contributed by atoms with Gasteiger partial charge in [-0.3, -0.25) is 0 Å². The van der Waals surface area contributed by atoms with E-state index in [0.29, 0.717) is 33.4 Å². The van der Waals surface area contributed by atoms with Crippen LogP contribution in [0.2, 0.25) is 0 Å². The number of hydrogen-bond acceptors (Lipinski definition) is 6. The van der Waals surface area contributed by atoms with Gasteiger partial charge in [-0.2, -0.15) is 4.39 Å². The average Bonchev–Trinajstić information content (AvgIpc) is 3.20. The van der Waals surface area contributed by atoms with Crippen LogP contribution in [0.3, 0.4) is 0 Å². The van der Waals surface area contributed by atoms with Crippen LogP contribution in [-0.4, -0.2) is 19.0 Å². The van der Waals surface area contributed by atoms with Crippen molar-refractivity contribution >= 4 is 33.9 Å². The maximum Gasteiger partial charge on any atom is 0.335 e. The van der Waals surface area contributed by atoms with Gasteiger partial charge in [0.1, 0.15) is 5.75 Å². The van der Waals surface area contributed by atoms with Crippen molar-refractivity contribution in [3.05, 3.63) is 79.7 Å². The first-order chi connectivity index (χ1) is 15.5. The number of ether oxygens (including phenoxy) is 3. The van der Waals surface area contributed by atoms with Crippen LogP contribution in [0.25, 0.3) is 33.1 Å². The van der Waals surface area contributed by atoms with Crippen LogP contribution >= 0.6 is 0 Å². The van der Waals surface area contributed by atoms with Crippen molar-refractivity contribution in [2.45, 2.75) is 0 Å². The lowest BCUT2D eigenvalue weighted by atomic mass is 10.0. The lowest BCUT2D eigenvalue weighted by Crippen LogP contribution is -2.04. The highest BCUT2D eigenvalue weighted by Gasteiger charge is 2.21. The number of furan rings is 1. The number of esters is 2. The summed E-state index contributed by atoms with van der Waals surface area (Å²) in [6, 6.07) is 13.4. The molecule has 1 heterocycles. The van der Waals surface area contributed by atoms with Crippen LogP contribution in [0, 0.1) is 5.82 Å². The average molecular weight is 432 g/mol. The molecule has 160 valence electrons. The van der Waals surface area contributed by atoms with Gasteiger partial charge in [0.25, 0.3) is 0 Å². The molecule has 0 saturated carbocycles. The third-order valence-electron chi connectivity index (χ3n) is 4.80. The van der Waals surface area contributed by atoms with Crippen molar-refractivity contribution in [2.75, 3.05) is 7.11 Å². The van der Waals surface area contributed by atoms with Gasteiger partial charge in [-0.1, -0.05) is 25.3 Å². The van der Waals surface area contributed by atoms with Gasteiger partial charge < -0.3 is 18.6 Å². The van der Waals surface area contributed by atoms with Gasteiger partial charge >= 0.3 is 11.9 Å². The summed E-state index contributed by atoms with van der Waals surface area (Å²) in [6.45, 7) is 6.67. The fourth-order valence-corrected chi connectivity index (χ4v) is 3.35. The minimum Gasteiger partial charge on any atom is -0.492 e. The van der Waals surface area contributed by atoms with Gasteiger partial charge in [-0.15, -0.1) is 0 Å². The van der Waals surface area contributed by atoms with Crippen molar-refractivity contribution < 1.29 is 32.6 Å². The Balaban J connectivity index is 1.82. The molecule has 0 aliphatic rings. The first-order valence-electron chi connectivity index (χ1n) is 9.47. The number of carbonyl (C=O) groups excluding carboxylic acids is 2. The Morgan fingerprint density at radius 1 is 0.875 bits per heavy atom. The predicted octanol–water partition coefficient (Wildman–Crippen LogP) is 5.58. The van der Waals surface area contributed by atoms with Crippen molar-refractivity contribution in [1.29, 1.82) is 0 Å². The van der Waals surface area contributed by atoms with Crippen LogP contribution in [0.15, 0.2) is 78.3 Å². The van der Waals surface area contributed by atoms with Crippen LogP contribution in [0.4, 0.5) is 4.39 Å². The molecule has 0 N–H and O–H groups in total. The summed E-state index contributed by atoms with van der Waals surface area (Å²) in [5, 5.41) is 1.14. The van der Waals surface area contributed by atoms with E-state index in [4.69, 9.17) is 18.6 Å². The molecular weight excluding hydrogens is 415 g/mol. The molecule has 0 unspecified atom stereocenters. The third kappa shape index (κ3) is 3.60. The molecule has 0 aliphatic carbocycles. The SMILES string of the molecule is C=CC(=O)Oc1ccc(-c2ccc3c(oc4c(F)c(OC(=O)C=C)ccc43)c2OC)cc1. The van der Waals surface area contributed by atoms with Gasteiger partial charge in [0.15, 0.2) is 22.7 Å². The van der Waals surface area contributed by atoms with Gasteiger partial charge in [-0.25, -0.2) is 9.59 Å². The Bertz CT molecular complexity index is 1380. The molecule has 0 radical (unpaired) electrons. The zero-order valence-corrected chi connectivity index (χ0v) is 17.0. The van der Waals surface area contributed by atoms with Crippen molar-refractivity contribution in [1.82, 2.24) is 0 Å². The normalized spacial score (nSPS) is 10.7. The van der Waals surface area contributed by atoms with E-state index in [-0.39, 0.29) is 11.3 Å². The summed E-state index contributed by atoms with van der Waals surface area (Å²) in [5.74, 6) is -1.62. The maximum absolute atomic E-state index is 14.9. The molecule has 4 rings (SSSR count). The van der Waals surface area contributed by atoms with E-state index in [0.717, 1.165) is 17.7 Å². The highest BCUT2D eigenvalue weighted by Crippen LogP contribution is 2.43. The molecule has 1 aromatic heterocycles. The number of halogens is 1. The zero-order valence-electron chi connectivity index (χ0n) is 17.0. The van der Waals surface area contributed by atoms with Crippen LogP contribution in [0.5, 0.6) is 17.2 Å². The molecule has 0 spiro atoms. The quantitative estimate of drug-likeness (QED) is 0.225. The number of methoxy groups -OCH3 is 1. The van der Waals surface area contributed by atoms with Crippen LogP contribution in [-0.2, 0) is 9.59 Å². The fourth-order valence-electron chi connectivity index (χ4n) is 3.35. The molecule has 7 heteroatoms. The van der Waals surface area contributed by atoms with Gasteiger partial charge in [0, 0.05) is 28.5 Å². The number of fused-ring (bicyclic) bond motifs is 3. The first kappa shape index (κ1) is 20.9. The molecule has 0 fully saturated rings. The lowest BCUT2D eigenvalue weighted by molar-refractivity contribution is -0.130. The molecule has 4 aromatic rings. The Morgan fingerprint density at radius 2 is 1.50 bits per heavy atom. The van der Waals surface area contributed by atoms with E-state index >= 15 is 0 Å². The number of hydrogen-bond donors (Lipinski definition) is 0. The maximum atomic E-state index is 14.9. The van der Waals surface area contributed by atoms with Crippen LogP contribution < -0.4 is 14.2 Å². The van der Waals surface area contributed by atoms with E-state index in [2.05, 4.69) is 13.2 Å². The third-order valence-corrected chi connectivity index (χ3v) is 4.80. The van der Waals surface area contributed by atoms with E-state index in [1.54, 1.807) is 36.4 Å². The topological polar surface area (TPSA) is 75.0 Å². The van der Waals surface area contributed by atoms with Gasteiger partial charge in [0.2, 0.25) is 5.82 Å². The molecule has 6 nitrogen and oxygen atoms in total. The van der Waals surface area contributed by atoms with Crippen molar-refractivity contribution in [2.24, 2.45) is 0 Å². The second-order valence-corrected chi connectivity index (χ2v) is 6.65. The summed E-state index contributed by atoms with van der Waals surface area (Å²) in [5.41, 5.74) is 1.74. The smallest absolute Gasteiger partial charge is 0.335 e. The molecule has 0 saturated heterocycles. The molecule has 3 aromatic carbocycles. The molecule has 0 bridgehead atoms. The second kappa shape index (κ2) is 8.39. The Morgan fingerprint density at radius 3 is 2.16 bits per heavy atom. The highest BCUT2D eigenvalue weighted by atomic mass is 19.1. The Labute approximate surface area is 182 Å². The number of benzene rings is 3. The minimum absolute atomic E-state index is 0.0588. The largest absolute Gasteiger partial charge is 0.492 e. The Hall–Kier alpha value is -4.39. The molecular formula is C25H17FO6. The Kier molecular flexibility index (Phi) is 5.47. The summed E-state index contributed by atoms with van der Waals surface area (Å²) in [7, 11) is 1.49. The first-order valence-corrected chi connectivity index (χ1v) is 9.47. The summed E-state index contributed by atoms with van der Waals surface area (Å²) in [6.07, 6.45) is 2.02. The highest BCUT2D eigenvalue weighted by molar-refractivity contribution is 6.09. The van der Waals surface area contributed by atoms with Crippen LogP contribution in [0.1, 0.15) is 0 Å². The standard InChI is InChI=1S/C25H17FO6/c1-4-20(27)30-15-8-6-14(7-9-15)16-10-11-18-17-12-13-19(31-21(28)5-2)22(26)23(17)32-25(18)24(16)29-3/h4-13H,1-2H2,3H3. The predicted molar refractivity (Wildman–Crippen MR) is 117 cm³/mol. The van der Waals surface area contributed by atoms with E-state index in [1.165, 1.54) is 13.2 Å². The summed E-state index contributed by atoms with van der Waals surface area (Å²) >= 11 is 0. The summed E-state index contributed by atoms with van der Waals surface area (Å²) in [4.78, 5) is 22.8. The number of rotatable bonds is 6. The van der Waals surface area contributed by atoms with E-state index < -0.39 is 17.8 Å². The molecule has 0 amide bonds. The molecule has 32 heavy (non-hydrogen) atoms. The fraction of sp³-hybridized carbons (Fsp3) is 0.0400. The molecule has 0 atom stereocenters. The zero-order chi connectivity index (χ0) is 22.8. The van der Waals surface area contributed by atoms with Crippen molar-refractivity contribution in [3.8, 4) is 28.4 Å². The van der Waals surface area contributed by atoms with E-state index in [1.807, 2.05) is 6.07 Å². The lowest BCUT2D eigenvalue weighted by Gasteiger charge is -2.10. The summed E-state index contributed by atoms with van der Waals surface area (Å²) < 4.78 is 36.4.